The second kappa shape index (κ2) is 4.82. The van der Waals surface area contributed by atoms with Gasteiger partial charge < -0.3 is 5.32 Å². The molecule has 0 bridgehead atoms. The molecule has 0 aliphatic carbocycles. The average molecular weight is 228 g/mol. The zero-order valence-corrected chi connectivity index (χ0v) is 9.84. The van der Waals surface area contributed by atoms with Crippen LogP contribution in [0.4, 0.5) is 5.69 Å². The molecule has 2 rings (SSSR count). The monoisotopic (exact) mass is 228 g/mol. The van der Waals surface area contributed by atoms with Gasteiger partial charge >= 0.3 is 0 Å². The van der Waals surface area contributed by atoms with E-state index in [2.05, 4.69) is 29.8 Å². The van der Waals surface area contributed by atoms with Gasteiger partial charge in [-0.15, -0.1) is 11.3 Å². The molecule has 0 atom stereocenters. The van der Waals surface area contributed by atoms with Gasteiger partial charge in [-0.1, -0.05) is 12.1 Å². The molecule has 0 spiro atoms. The van der Waals surface area contributed by atoms with Gasteiger partial charge in [0.15, 0.2) is 0 Å². The van der Waals surface area contributed by atoms with Gasteiger partial charge in [0, 0.05) is 11.4 Å². The molecule has 3 heteroatoms. The summed E-state index contributed by atoms with van der Waals surface area (Å²) in [6, 6.07) is 11.9. The smallest absolute Gasteiger partial charge is 0.101 e. The highest BCUT2D eigenvalue weighted by Gasteiger charge is 2.02. The number of hydrogen-bond acceptors (Lipinski definition) is 3. The van der Waals surface area contributed by atoms with E-state index >= 15 is 0 Å². The zero-order valence-electron chi connectivity index (χ0n) is 9.03. The van der Waals surface area contributed by atoms with Crippen LogP contribution < -0.4 is 5.32 Å². The molecule has 80 valence electrons. The van der Waals surface area contributed by atoms with Crippen LogP contribution in [0.5, 0.6) is 0 Å². The molecule has 1 N–H and O–H groups in total. The molecule has 16 heavy (non-hydrogen) atoms. The Morgan fingerprint density at radius 3 is 2.81 bits per heavy atom. The lowest BCUT2D eigenvalue weighted by molar-refractivity contribution is 1.16. The van der Waals surface area contributed by atoms with Gasteiger partial charge in [-0.3, -0.25) is 0 Å². The Hall–Kier alpha value is -1.79. The molecule has 0 amide bonds. The van der Waals surface area contributed by atoms with E-state index in [0.29, 0.717) is 5.56 Å². The van der Waals surface area contributed by atoms with Gasteiger partial charge in [-0.25, -0.2) is 0 Å². The van der Waals surface area contributed by atoms with Crippen LogP contribution in [0.1, 0.15) is 16.0 Å². The van der Waals surface area contributed by atoms with Crippen molar-refractivity contribution in [3.05, 3.63) is 51.7 Å². The van der Waals surface area contributed by atoms with Crippen LogP contribution >= 0.6 is 11.3 Å². The fourth-order valence-corrected chi connectivity index (χ4v) is 2.34. The van der Waals surface area contributed by atoms with Gasteiger partial charge in [0.1, 0.15) is 6.07 Å². The number of benzene rings is 1. The number of hydrogen-bond donors (Lipinski definition) is 1. The summed E-state index contributed by atoms with van der Waals surface area (Å²) in [6.07, 6.45) is 0. The number of aryl methyl sites for hydroxylation is 1. The number of thiophene rings is 1. The lowest BCUT2D eigenvalue weighted by Gasteiger charge is -2.07. The van der Waals surface area contributed by atoms with Crippen LogP contribution in [0.3, 0.4) is 0 Å². The van der Waals surface area contributed by atoms with Gasteiger partial charge in [-0.05, 0) is 36.1 Å². The van der Waals surface area contributed by atoms with Crippen LogP contribution in [0, 0.1) is 18.3 Å². The standard InChI is InChI=1S/C13H12N2S/c1-10-6-7-16-13(10)9-15-12-5-3-2-4-11(12)8-14/h2-7,15H,9H2,1H3. The van der Waals surface area contributed by atoms with Crippen molar-refractivity contribution < 1.29 is 0 Å². The van der Waals surface area contributed by atoms with E-state index in [9.17, 15) is 0 Å². The normalized spacial score (nSPS) is 9.75. The Bertz CT molecular complexity index is 523. The summed E-state index contributed by atoms with van der Waals surface area (Å²) in [6.45, 7) is 2.88. The minimum atomic E-state index is 0.691. The Labute approximate surface area is 99.2 Å². The molecular formula is C13H12N2S. The maximum absolute atomic E-state index is 8.94. The van der Waals surface area contributed by atoms with Gasteiger partial charge in [0.25, 0.3) is 0 Å². The fourth-order valence-electron chi connectivity index (χ4n) is 1.50. The predicted molar refractivity (Wildman–Crippen MR) is 67.5 cm³/mol. The highest BCUT2D eigenvalue weighted by Crippen LogP contribution is 2.19. The van der Waals surface area contributed by atoms with E-state index in [-0.39, 0.29) is 0 Å². The molecule has 2 aromatic rings. The van der Waals surface area contributed by atoms with Crippen LogP contribution in [0.15, 0.2) is 35.7 Å². The second-order valence-corrected chi connectivity index (χ2v) is 4.54. The summed E-state index contributed by atoms with van der Waals surface area (Å²) < 4.78 is 0. The SMILES string of the molecule is Cc1ccsc1CNc1ccccc1C#N. The Morgan fingerprint density at radius 1 is 1.31 bits per heavy atom. The number of nitrogens with zero attached hydrogens (tertiary/aromatic N) is 1. The van der Waals surface area contributed by atoms with Gasteiger partial charge in [0.2, 0.25) is 0 Å². The molecule has 0 aliphatic rings. The lowest BCUT2D eigenvalue weighted by atomic mass is 10.2. The van der Waals surface area contributed by atoms with E-state index < -0.39 is 0 Å². The Kier molecular flexibility index (Phi) is 3.23. The van der Waals surface area contributed by atoms with Gasteiger partial charge in [-0.2, -0.15) is 5.26 Å². The molecule has 0 aliphatic heterocycles. The first-order valence-corrected chi connectivity index (χ1v) is 5.95. The van der Waals surface area contributed by atoms with E-state index in [4.69, 9.17) is 5.26 Å². The van der Waals surface area contributed by atoms with Crippen molar-refractivity contribution in [2.45, 2.75) is 13.5 Å². The van der Waals surface area contributed by atoms with Gasteiger partial charge in [0.05, 0.1) is 11.3 Å². The molecule has 2 nitrogen and oxygen atoms in total. The number of nitrogens with one attached hydrogen (secondary N) is 1. The molecule has 1 aromatic heterocycles. The summed E-state index contributed by atoms with van der Waals surface area (Å²) in [5, 5.41) is 14.3. The van der Waals surface area contributed by atoms with E-state index in [1.54, 1.807) is 11.3 Å². The molecule has 0 saturated heterocycles. The third-order valence-corrected chi connectivity index (χ3v) is 3.48. The summed E-state index contributed by atoms with van der Waals surface area (Å²) >= 11 is 1.74. The highest BCUT2D eigenvalue weighted by atomic mass is 32.1. The summed E-state index contributed by atoms with van der Waals surface area (Å²) in [4.78, 5) is 1.31. The van der Waals surface area contributed by atoms with Crippen molar-refractivity contribution in [1.29, 1.82) is 5.26 Å². The minimum absolute atomic E-state index is 0.691. The van der Waals surface area contributed by atoms with E-state index in [0.717, 1.165) is 12.2 Å². The Balaban J connectivity index is 2.11. The highest BCUT2D eigenvalue weighted by molar-refractivity contribution is 7.10. The largest absolute Gasteiger partial charge is 0.379 e. The number of para-hydroxylation sites is 1. The molecule has 1 aromatic carbocycles. The predicted octanol–water partition coefficient (Wildman–Crippen LogP) is 3.54. The number of anilines is 1. The first-order chi connectivity index (χ1) is 7.81. The topological polar surface area (TPSA) is 35.8 Å². The van der Waals surface area contributed by atoms with Crippen molar-refractivity contribution in [2.75, 3.05) is 5.32 Å². The van der Waals surface area contributed by atoms with Crippen LogP contribution in [0.25, 0.3) is 0 Å². The van der Waals surface area contributed by atoms with Crippen molar-refractivity contribution in [3.8, 4) is 6.07 Å². The number of nitriles is 1. The fraction of sp³-hybridized carbons (Fsp3) is 0.154. The van der Waals surface area contributed by atoms with Crippen LogP contribution in [0.2, 0.25) is 0 Å². The summed E-state index contributed by atoms with van der Waals surface area (Å²) in [5.41, 5.74) is 2.89. The zero-order chi connectivity index (χ0) is 11.4. The minimum Gasteiger partial charge on any atom is -0.379 e. The average Bonchev–Trinajstić information content (AvgIpc) is 2.72. The Morgan fingerprint density at radius 2 is 2.12 bits per heavy atom. The lowest BCUT2D eigenvalue weighted by Crippen LogP contribution is -2.00. The first kappa shape index (κ1) is 10.7. The quantitative estimate of drug-likeness (QED) is 0.872. The molecular weight excluding hydrogens is 216 g/mol. The summed E-state index contributed by atoms with van der Waals surface area (Å²) in [7, 11) is 0. The second-order valence-electron chi connectivity index (χ2n) is 3.54. The van der Waals surface area contributed by atoms with Crippen molar-refractivity contribution >= 4 is 17.0 Å². The van der Waals surface area contributed by atoms with Crippen molar-refractivity contribution in [3.63, 3.8) is 0 Å². The van der Waals surface area contributed by atoms with Crippen LogP contribution in [-0.4, -0.2) is 0 Å². The van der Waals surface area contributed by atoms with Crippen molar-refractivity contribution in [2.24, 2.45) is 0 Å². The molecule has 0 unspecified atom stereocenters. The van der Waals surface area contributed by atoms with Crippen LogP contribution in [-0.2, 0) is 6.54 Å². The third kappa shape index (κ3) is 2.23. The molecule has 0 saturated carbocycles. The molecule has 1 heterocycles. The van der Waals surface area contributed by atoms with Crippen molar-refractivity contribution in [1.82, 2.24) is 0 Å². The van der Waals surface area contributed by atoms with E-state index in [1.807, 2.05) is 24.3 Å². The maximum Gasteiger partial charge on any atom is 0.101 e. The summed E-state index contributed by atoms with van der Waals surface area (Å²) in [5.74, 6) is 0. The van der Waals surface area contributed by atoms with E-state index in [1.165, 1.54) is 10.4 Å². The maximum atomic E-state index is 8.94. The molecule has 0 radical (unpaired) electrons. The number of rotatable bonds is 3. The molecule has 0 fully saturated rings. The first-order valence-electron chi connectivity index (χ1n) is 5.07. The third-order valence-electron chi connectivity index (χ3n) is 2.46.